The molecule has 1 rings (SSSR count). The van der Waals surface area contributed by atoms with Crippen LogP contribution in [-0.2, 0) is 5.88 Å². The molecule has 0 saturated heterocycles. The van der Waals surface area contributed by atoms with E-state index in [0.717, 1.165) is 24.2 Å². The van der Waals surface area contributed by atoms with Crippen LogP contribution in [0.25, 0.3) is 0 Å². The molecule has 0 N–H and O–H groups in total. The third-order valence-corrected chi connectivity index (χ3v) is 2.44. The second kappa shape index (κ2) is 5.20. The molecule has 0 radical (unpaired) electrons. The minimum Gasteiger partial charge on any atom is -0.374 e. The zero-order chi connectivity index (χ0) is 10.6. The van der Waals surface area contributed by atoms with Crippen LogP contribution in [0.2, 0.25) is 0 Å². The normalized spacial score (nSPS) is 10.3. The number of nitrogens with zero attached hydrogens (tertiary/aromatic N) is 1. The van der Waals surface area contributed by atoms with Crippen LogP contribution in [0.4, 0.5) is 10.1 Å². The Morgan fingerprint density at radius 2 is 2.14 bits per heavy atom. The Kier molecular flexibility index (Phi) is 4.21. The van der Waals surface area contributed by atoms with E-state index in [2.05, 4.69) is 11.8 Å². The topological polar surface area (TPSA) is 3.24 Å². The van der Waals surface area contributed by atoms with E-state index in [0.29, 0.717) is 5.88 Å². The summed E-state index contributed by atoms with van der Waals surface area (Å²) in [4.78, 5) is 2.09. The Bertz CT molecular complexity index is 301. The standard InChI is InChI=1S/C11H15ClFN/c1-3-6-14(2)11-5-4-10(13)7-9(11)8-12/h4-5,7H,3,6,8H2,1-2H3. The molecule has 0 aliphatic heterocycles. The summed E-state index contributed by atoms with van der Waals surface area (Å²) in [5.41, 5.74) is 1.87. The van der Waals surface area contributed by atoms with Crippen LogP contribution in [0.15, 0.2) is 18.2 Å². The van der Waals surface area contributed by atoms with Gasteiger partial charge in [0.1, 0.15) is 5.82 Å². The van der Waals surface area contributed by atoms with Gasteiger partial charge in [-0.3, -0.25) is 0 Å². The Hall–Kier alpha value is -0.760. The predicted octanol–water partition coefficient (Wildman–Crippen LogP) is 3.41. The van der Waals surface area contributed by atoms with Crippen LogP contribution in [0, 0.1) is 5.82 Å². The maximum absolute atomic E-state index is 12.9. The molecular formula is C11H15ClFN. The van der Waals surface area contributed by atoms with E-state index in [-0.39, 0.29) is 5.82 Å². The van der Waals surface area contributed by atoms with Crippen molar-refractivity contribution in [1.29, 1.82) is 0 Å². The molecule has 0 amide bonds. The fraction of sp³-hybridized carbons (Fsp3) is 0.455. The molecule has 0 aliphatic carbocycles. The Labute approximate surface area is 89.5 Å². The lowest BCUT2D eigenvalue weighted by Crippen LogP contribution is -2.19. The predicted molar refractivity (Wildman–Crippen MR) is 59.5 cm³/mol. The lowest BCUT2D eigenvalue weighted by molar-refractivity contribution is 0.626. The molecule has 0 bridgehead atoms. The van der Waals surface area contributed by atoms with Gasteiger partial charge in [0.2, 0.25) is 0 Å². The van der Waals surface area contributed by atoms with Crippen LogP contribution in [0.3, 0.4) is 0 Å². The first-order valence-corrected chi connectivity index (χ1v) is 5.28. The van der Waals surface area contributed by atoms with Gasteiger partial charge in [0, 0.05) is 25.2 Å². The lowest BCUT2D eigenvalue weighted by Gasteiger charge is -2.21. The van der Waals surface area contributed by atoms with Gasteiger partial charge in [-0.15, -0.1) is 11.6 Å². The summed E-state index contributed by atoms with van der Waals surface area (Å²) in [6.45, 7) is 3.07. The van der Waals surface area contributed by atoms with E-state index < -0.39 is 0 Å². The fourth-order valence-corrected chi connectivity index (χ4v) is 1.70. The van der Waals surface area contributed by atoms with Gasteiger partial charge in [0.25, 0.3) is 0 Å². The molecule has 0 aliphatic rings. The van der Waals surface area contributed by atoms with Gasteiger partial charge in [-0.25, -0.2) is 4.39 Å². The maximum Gasteiger partial charge on any atom is 0.123 e. The van der Waals surface area contributed by atoms with Crippen molar-refractivity contribution in [3.63, 3.8) is 0 Å². The number of anilines is 1. The minimum absolute atomic E-state index is 0.228. The molecule has 1 aromatic carbocycles. The van der Waals surface area contributed by atoms with E-state index in [1.54, 1.807) is 6.07 Å². The van der Waals surface area contributed by atoms with E-state index in [1.807, 2.05) is 7.05 Å². The third-order valence-electron chi connectivity index (χ3n) is 2.16. The summed E-state index contributed by atoms with van der Waals surface area (Å²) >= 11 is 5.75. The summed E-state index contributed by atoms with van der Waals surface area (Å²) in [5.74, 6) is 0.121. The molecule has 0 fully saturated rings. The summed E-state index contributed by atoms with van der Waals surface area (Å²) in [6.07, 6.45) is 1.07. The highest BCUT2D eigenvalue weighted by atomic mass is 35.5. The monoisotopic (exact) mass is 215 g/mol. The lowest BCUT2D eigenvalue weighted by atomic mass is 10.2. The van der Waals surface area contributed by atoms with Gasteiger partial charge >= 0.3 is 0 Å². The van der Waals surface area contributed by atoms with Crippen LogP contribution in [0.1, 0.15) is 18.9 Å². The molecule has 14 heavy (non-hydrogen) atoms. The SMILES string of the molecule is CCCN(C)c1ccc(F)cc1CCl. The third kappa shape index (κ3) is 2.61. The summed E-state index contributed by atoms with van der Waals surface area (Å²) < 4.78 is 12.9. The van der Waals surface area contributed by atoms with Crippen molar-refractivity contribution in [2.45, 2.75) is 19.2 Å². The van der Waals surface area contributed by atoms with Crippen molar-refractivity contribution in [3.05, 3.63) is 29.6 Å². The first kappa shape index (κ1) is 11.3. The van der Waals surface area contributed by atoms with Crippen molar-refractivity contribution in [3.8, 4) is 0 Å². The molecular weight excluding hydrogens is 201 g/mol. The van der Waals surface area contributed by atoms with Gasteiger partial charge in [0.05, 0.1) is 0 Å². The van der Waals surface area contributed by atoms with E-state index >= 15 is 0 Å². The highest BCUT2D eigenvalue weighted by Crippen LogP contribution is 2.22. The minimum atomic E-state index is -0.228. The zero-order valence-electron chi connectivity index (χ0n) is 8.56. The molecule has 1 aromatic rings. The van der Waals surface area contributed by atoms with Crippen LogP contribution >= 0.6 is 11.6 Å². The largest absolute Gasteiger partial charge is 0.374 e. The summed E-state index contributed by atoms with van der Waals surface area (Å²) in [7, 11) is 1.99. The van der Waals surface area contributed by atoms with Crippen LogP contribution in [-0.4, -0.2) is 13.6 Å². The second-order valence-electron chi connectivity index (χ2n) is 3.33. The van der Waals surface area contributed by atoms with Gasteiger partial charge in [-0.2, -0.15) is 0 Å². The molecule has 78 valence electrons. The average Bonchev–Trinajstić information content (AvgIpc) is 2.17. The fourth-order valence-electron chi connectivity index (χ4n) is 1.49. The van der Waals surface area contributed by atoms with Gasteiger partial charge in [-0.05, 0) is 30.2 Å². The highest BCUT2D eigenvalue weighted by molar-refractivity contribution is 6.17. The van der Waals surface area contributed by atoms with Crippen molar-refractivity contribution in [2.24, 2.45) is 0 Å². The zero-order valence-corrected chi connectivity index (χ0v) is 9.31. The number of hydrogen-bond acceptors (Lipinski definition) is 1. The van der Waals surface area contributed by atoms with E-state index in [4.69, 9.17) is 11.6 Å². The van der Waals surface area contributed by atoms with Crippen LogP contribution in [0.5, 0.6) is 0 Å². The molecule has 0 atom stereocenters. The number of hydrogen-bond donors (Lipinski definition) is 0. The molecule has 0 heterocycles. The average molecular weight is 216 g/mol. The van der Waals surface area contributed by atoms with E-state index in [9.17, 15) is 4.39 Å². The highest BCUT2D eigenvalue weighted by Gasteiger charge is 2.06. The maximum atomic E-state index is 12.9. The summed E-state index contributed by atoms with van der Waals surface area (Å²) in [5, 5.41) is 0. The molecule has 1 nitrogen and oxygen atoms in total. The number of halogens is 2. The number of rotatable bonds is 4. The second-order valence-corrected chi connectivity index (χ2v) is 3.60. The van der Waals surface area contributed by atoms with Gasteiger partial charge in [0.15, 0.2) is 0 Å². The molecule has 0 aromatic heterocycles. The molecule has 0 spiro atoms. The smallest absolute Gasteiger partial charge is 0.123 e. The summed E-state index contributed by atoms with van der Waals surface area (Å²) in [6, 6.07) is 4.74. The van der Waals surface area contributed by atoms with Gasteiger partial charge in [-0.1, -0.05) is 6.92 Å². The first-order valence-electron chi connectivity index (χ1n) is 4.74. The number of alkyl halides is 1. The van der Waals surface area contributed by atoms with Crippen molar-refractivity contribution in [2.75, 3.05) is 18.5 Å². The number of benzene rings is 1. The Morgan fingerprint density at radius 3 is 2.71 bits per heavy atom. The Morgan fingerprint density at radius 1 is 1.43 bits per heavy atom. The van der Waals surface area contributed by atoms with E-state index in [1.165, 1.54) is 12.1 Å². The molecule has 0 unspecified atom stereocenters. The Balaban J connectivity index is 2.95. The van der Waals surface area contributed by atoms with Crippen molar-refractivity contribution >= 4 is 17.3 Å². The van der Waals surface area contributed by atoms with Crippen molar-refractivity contribution in [1.82, 2.24) is 0 Å². The van der Waals surface area contributed by atoms with Crippen LogP contribution < -0.4 is 4.90 Å². The molecule has 3 heteroatoms. The van der Waals surface area contributed by atoms with Gasteiger partial charge < -0.3 is 4.90 Å². The first-order chi connectivity index (χ1) is 6.69. The van der Waals surface area contributed by atoms with Crippen molar-refractivity contribution < 1.29 is 4.39 Å². The quantitative estimate of drug-likeness (QED) is 0.696. The molecule has 0 saturated carbocycles.